The van der Waals surface area contributed by atoms with Crippen LogP contribution in [0.25, 0.3) is 50.5 Å². The molecular formula is C39H26N4. The highest BCUT2D eigenvalue weighted by Gasteiger charge is 2.51. The molecule has 2 aliphatic carbocycles. The van der Waals surface area contributed by atoms with Gasteiger partial charge in [0.25, 0.3) is 0 Å². The van der Waals surface area contributed by atoms with Gasteiger partial charge in [-0.3, -0.25) is 4.98 Å². The van der Waals surface area contributed by atoms with Gasteiger partial charge < -0.3 is 0 Å². The van der Waals surface area contributed by atoms with Crippen LogP contribution in [-0.4, -0.2) is 20.0 Å². The number of nitrogens with zero attached hydrogens (tertiary/aromatic N) is 4. The number of rotatable bonds is 3. The fraction of sp³-hybridized carbons (Fsp3) is 0.0513. The Morgan fingerprint density at radius 2 is 1.16 bits per heavy atom. The fourth-order valence-corrected chi connectivity index (χ4v) is 7.28. The molecule has 0 amide bonds. The van der Waals surface area contributed by atoms with Gasteiger partial charge in [-0.25, -0.2) is 4.68 Å². The Morgan fingerprint density at radius 3 is 1.86 bits per heavy atom. The molecular weight excluding hydrogens is 524 g/mol. The smallest absolute Gasteiger partial charge is 0.113 e. The number of hydrogen-bond donors (Lipinski definition) is 0. The Morgan fingerprint density at radius 1 is 0.535 bits per heavy atom. The second-order valence-corrected chi connectivity index (χ2v) is 11.5. The molecule has 0 atom stereocenters. The minimum Gasteiger partial charge on any atom is -0.256 e. The van der Waals surface area contributed by atoms with Crippen LogP contribution < -0.4 is 0 Å². The highest BCUT2D eigenvalue weighted by molar-refractivity contribution is 5.95. The molecule has 0 fully saturated rings. The second-order valence-electron chi connectivity index (χ2n) is 11.5. The van der Waals surface area contributed by atoms with E-state index in [4.69, 9.17) is 0 Å². The van der Waals surface area contributed by atoms with Crippen molar-refractivity contribution in [1.29, 1.82) is 0 Å². The van der Waals surface area contributed by atoms with Crippen molar-refractivity contribution in [1.82, 2.24) is 20.0 Å². The van der Waals surface area contributed by atoms with Crippen LogP contribution in [-0.2, 0) is 5.41 Å². The SMILES string of the molecule is Cc1ccnc(-c2cccc(-n3cc(-c4ccc5c(c4)-c4ccccc4C54c5ccccc5-c5ccccc54)nn3)c2)c1. The summed E-state index contributed by atoms with van der Waals surface area (Å²) in [6.07, 6.45) is 3.87. The molecule has 202 valence electrons. The zero-order chi connectivity index (χ0) is 28.5. The maximum atomic E-state index is 4.62. The van der Waals surface area contributed by atoms with Crippen molar-refractivity contribution in [3.05, 3.63) is 168 Å². The van der Waals surface area contributed by atoms with Crippen LogP contribution >= 0.6 is 0 Å². The second kappa shape index (κ2) is 8.94. The standard InChI is InChI=1S/C39H26N4/c1-25-19-20-40-37(21-25)26-9-8-10-28(22-26)43-24-38(41-42-43)27-17-18-36-32(23-27)31-13-4-7-16-35(31)39(36)33-14-5-2-11-29(33)30-12-3-6-15-34(30)39/h2-24H,1H3. The quantitative estimate of drug-likeness (QED) is 0.221. The zero-order valence-corrected chi connectivity index (χ0v) is 23.6. The van der Waals surface area contributed by atoms with E-state index in [1.54, 1.807) is 0 Å². The minimum atomic E-state index is -0.334. The van der Waals surface area contributed by atoms with Crippen LogP contribution in [0, 0.1) is 6.92 Å². The molecule has 4 heteroatoms. The lowest BCUT2D eigenvalue weighted by Crippen LogP contribution is -2.25. The molecule has 7 aromatic rings. The van der Waals surface area contributed by atoms with Crippen LogP contribution in [0.2, 0.25) is 0 Å². The highest BCUT2D eigenvalue weighted by Crippen LogP contribution is 2.62. The first kappa shape index (κ1) is 24.0. The normalized spacial score (nSPS) is 13.4. The molecule has 43 heavy (non-hydrogen) atoms. The molecule has 0 bridgehead atoms. The number of aryl methyl sites for hydroxylation is 1. The molecule has 0 saturated carbocycles. The molecule has 4 nitrogen and oxygen atoms in total. The number of benzene rings is 5. The third-order valence-electron chi connectivity index (χ3n) is 9.11. The topological polar surface area (TPSA) is 43.6 Å². The molecule has 2 aliphatic rings. The summed E-state index contributed by atoms with van der Waals surface area (Å²) in [6, 6.07) is 45.9. The van der Waals surface area contributed by atoms with Gasteiger partial charge in [-0.15, -0.1) is 5.10 Å². The van der Waals surface area contributed by atoms with Gasteiger partial charge in [-0.2, -0.15) is 0 Å². The maximum absolute atomic E-state index is 4.62. The first-order valence-electron chi connectivity index (χ1n) is 14.6. The Bertz CT molecular complexity index is 2180. The predicted octanol–water partition coefficient (Wildman–Crippen LogP) is 8.65. The van der Waals surface area contributed by atoms with E-state index in [-0.39, 0.29) is 5.41 Å². The van der Waals surface area contributed by atoms with Gasteiger partial charge >= 0.3 is 0 Å². The molecule has 2 heterocycles. The molecule has 5 aromatic carbocycles. The van der Waals surface area contributed by atoms with Crippen LogP contribution in [0.15, 0.2) is 140 Å². The Kier molecular flexibility index (Phi) is 5.00. The van der Waals surface area contributed by atoms with Gasteiger partial charge in [-0.1, -0.05) is 102 Å². The molecule has 0 radical (unpaired) electrons. The Hall–Kier alpha value is -5.61. The molecule has 0 aliphatic heterocycles. The Labute approximate surface area is 250 Å². The van der Waals surface area contributed by atoms with Crippen LogP contribution in [0.4, 0.5) is 0 Å². The summed E-state index contributed by atoms with van der Waals surface area (Å²) in [7, 11) is 0. The first-order chi connectivity index (χ1) is 21.2. The van der Waals surface area contributed by atoms with E-state index in [1.165, 1.54) is 50.1 Å². The Balaban J connectivity index is 1.18. The van der Waals surface area contributed by atoms with Crippen molar-refractivity contribution in [3.8, 4) is 50.5 Å². The molecule has 0 unspecified atom stereocenters. The van der Waals surface area contributed by atoms with Crippen LogP contribution in [0.1, 0.15) is 27.8 Å². The van der Waals surface area contributed by atoms with Crippen molar-refractivity contribution in [2.75, 3.05) is 0 Å². The predicted molar refractivity (Wildman–Crippen MR) is 171 cm³/mol. The summed E-state index contributed by atoms with van der Waals surface area (Å²) in [6.45, 7) is 2.08. The van der Waals surface area contributed by atoms with E-state index >= 15 is 0 Å². The summed E-state index contributed by atoms with van der Waals surface area (Å²) in [5.74, 6) is 0. The lowest BCUT2D eigenvalue weighted by molar-refractivity contribution is 0.794. The van der Waals surface area contributed by atoms with E-state index in [9.17, 15) is 0 Å². The van der Waals surface area contributed by atoms with Gasteiger partial charge in [0, 0.05) is 17.3 Å². The third-order valence-corrected chi connectivity index (χ3v) is 9.11. The highest BCUT2D eigenvalue weighted by atomic mass is 15.4. The summed E-state index contributed by atoms with van der Waals surface area (Å²) in [5.41, 5.74) is 16.2. The van der Waals surface area contributed by atoms with Crippen LogP contribution in [0.5, 0.6) is 0 Å². The maximum Gasteiger partial charge on any atom is 0.113 e. The van der Waals surface area contributed by atoms with Crippen molar-refractivity contribution >= 4 is 0 Å². The lowest BCUT2D eigenvalue weighted by Gasteiger charge is -2.30. The zero-order valence-electron chi connectivity index (χ0n) is 23.6. The largest absolute Gasteiger partial charge is 0.256 e. The molecule has 1 spiro atoms. The number of pyridine rings is 1. The van der Waals surface area contributed by atoms with E-state index in [2.05, 4.69) is 137 Å². The van der Waals surface area contributed by atoms with Gasteiger partial charge in [-0.05, 0) is 87.3 Å². The number of aromatic nitrogens is 4. The summed E-state index contributed by atoms with van der Waals surface area (Å²) < 4.78 is 1.85. The van der Waals surface area contributed by atoms with Crippen LogP contribution in [0.3, 0.4) is 0 Å². The molecule has 2 aromatic heterocycles. The van der Waals surface area contributed by atoms with Gasteiger partial charge in [0.15, 0.2) is 0 Å². The minimum absolute atomic E-state index is 0.334. The monoisotopic (exact) mass is 550 g/mol. The van der Waals surface area contributed by atoms with Gasteiger partial charge in [0.05, 0.1) is 23.0 Å². The van der Waals surface area contributed by atoms with Crippen molar-refractivity contribution in [2.24, 2.45) is 0 Å². The third kappa shape index (κ3) is 3.35. The summed E-state index contributed by atoms with van der Waals surface area (Å²) >= 11 is 0. The van der Waals surface area contributed by atoms with E-state index < -0.39 is 0 Å². The van der Waals surface area contributed by atoms with Crippen molar-refractivity contribution in [2.45, 2.75) is 12.3 Å². The number of hydrogen-bond acceptors (Lipinski definition) is 3. The fourth-order valence-electron chi connectivity index (χ4n) is 7.28. The van der Waals surface area contributed by atoms with E-state index in [0.717, 1.165) is 28.2 Å². The van der Waals surface area contributed by atoms with Gasteiger partial charge in [0.1, 0.15) is 5.69 Å². The van der Waals surface area contributed by atoms with Gasteiger partial charge in [0.2, 0.25) is 0 Å². The number of fused-ring (bicyclic) bond motifs is 10. The molecule has 0 N–H and O–H groups in total. The van der Waals surface area contributed by atoms with Crippen molar-refractivity contribution in [3.63, 3.8) is 0 Å². The molecule has 0 saturated heterocycles. The van der Waals surface area contributed by atoms with Crippen molar-refractivity contribution < 1.29 is 0 Å². The average Bonchev–Trinajstić information content (AvgIpc) is 3.75. The summed E-state index contributed by atoms with van der Waals surface area (Å²) in [5, 5.41) is 9.15. The van der Waals surface area contributed by atoms with E-state index in [0.29, 0.717) is 0 Å². The lowest BCUT2D eigenvalue weighted by atomic mass is 9.70. The molecule has 9 rings (SSSR count). The average molecular weight is 551 g/mol. The first-order valence-corrected chi connectivity index (χ1v) is 14.6. The van der Waals surface area contributed by atoms with E-state index in [1.807, 2.05) is 29.2 Å². The summed E-state index contributed by atoms with van der Waals surface area (Å²) in [4.78, 5) is 4.56.